The molecule has 0 N–H and O–H groups in total. The summed E-state index contributed by atoms with van der Waals surface area (Å²) in [6.07, 6.45) is 0. The average molecular weight is 419 g/mol. The highest BCUT2D eigenvalue weighted by molar-refractivity contribution is 14.1. The van der Waals surface area contributed by atoms with Crippen molar-refractivity contribution in [2.75, 3.05) is 0 Å². The molecule has 0 aliphatic heterocycles. The molecule has 2 aromatic carbocycles. The first-order chi connectivity index (χ1) is 9.97. The van der Waals surface area contributed by atoms with E-state index in [1.165, 1.54) is 24.3 Å². The van der Waals surface area contributed by atoms with E-state index in [-0.39, 0.29) is 17.0 Å². The molecular weight excluding hydrogens is 409 g/mol. The van der Waals surface area contributed by atoms with Crippen molar-refractivity contribution < 1.29 is 8.78 Å². The molecule has 108 valence electrons. The molecule has 0 saturated heterocycles. The Balaban J connectivity index is 2.36. The summed E-state index contributed by atoms with van der Waals surface area (Å²) in [5.74, 6) is -0.0596. The second kappa shape index (κ2) is 5.53. The molecule has 21 heavy (non-hydrogen) atoms. The van der Waals surface area contributed by atoms with E-state index >= 15 is 0 Å². The molecule has 0 saturated carbocycles. The lowest BCUT2D eigenvalue weighted by Gasteiger charge is -2.12. The van der Waals surface area contributed by atoms with Crippen LogP contribution in [0, 0.1) is 15.2 Å². The molecule has 0 fully saturated rings. The zero-order valence-corrected chi connectivity index (χ0v) is 13.9. The smallest absolute Gasteiger partial charge is 0.132 e. The molecule has 1 unspecified atom stereocenters. The summed E-state index contributed by atoms with van der Waals surface area (Å²) in [5, 5.41) is -0.360. The van der Waals surface area contributed by atoms with E-state index in [1.54, 1.807) is 19.1 Å². The molecule has 0 aliphatic rings. The van der Waals surface area contributed by atoms with E-state index in [0.717, 1.165) is 14.8 Å². The van der Waals surface area contributed by atoms with Crippen molar-refractivity contribution >= 4 is 45.2 Å². The van der Waals surface area contributed by atoms with Gasteiger partial charge in [0.1, 0.15) is 17.5 Å². The zero-order chi connectivity index (χ0) is 15.1. The summed E-state index contributed by atoms with van der Waals surface area (Å²) < 4.78 is 29.3. The lowest BCUT2D eigenvalue weighted by molar-refractivity contribution is 0.626. The quantitative estimate of drug-likeness (QED) is 0.413. The molecule has 3 rings (SSSR count). The van der Waals surface area contributed by atoms with Gasteiger partial charge in [-0.05, 0) is 59.8 Å². The van der Waals surface area contributed by atoms with Crippen molar-refractivity contribution in [2.24, 2.45) is 0 Å². The Labute approximate surface area is 138 Å². The number of nitrogens with zero attached hydrogens (tertiary/aromatic N) is 2. The predicted molar refractivity (Wildman–Crippen MR) is 88.0 cm³/mol. The SMILES string of the molecule is CC(Cl)c1nc2cc(F)ccc2n1-c1ccc(F)cc1I. The Hall–Kier alpha value is -1.21. The van der Waals surface area contributed by atoms with Gasteiger partial charge >= 0.3 is 0 Å². The fourth-order valence-corrected chi connectivity index (χ4v) is 3.12. The van der Waals surface area contributed by atoms with Crippen LogP contribution >= 0.6 is 34.2 Å². The Kier molecular flexibility index (Phi) is 3.88. The van der Waals surface area contributed by atoms with Crippen LogP contribution in [0.1, 0.15) is 18.1 Å². The molecule has 2 nitrogen and oxygen atoms in total. The van der Waals surface area contributed by atoms with Crippen LogP contribution in [-0.2, 0) is 0 Å². The Morgan fingerprint density at radius 3 is 2.48 bits per heavy atom. The van der Waals surface area contributed by atoms with Gasteiger partial charge in [-0.1, -0.05) is 0 Å². The van der Waals surface area contributed by atoms with Crippen molar-refractivity contribution in [1.29, 1.82) is 0 Å². The van der Waals surface area contributed by atoms with Crippen molar-refractivity contribution in [1.82, 2.24) is 9.55 Å². The van der Waals surface area contributed by atoms with E-state index in [1.807, 2.05) is 4.57 Å². The van der Waals surface area contributed by atoms with Gasteiger partial charge in [-0.2, -0.15) is 0 Å². The normalized spacial score (nSPS) is 12.8. The van der Waals surface area contributed by atoms with Gasteiger partial charge in [0, 0.05) is 9.64 Å². The van der Waals surface area contributed by atoms with Gasteiger partial charge in [-0.25, -0.2) is 13.8 Å². The molecule has 0 amide bonds. The first-order valence-corrected chi connectivity index (χ1v) is 7.76. The third-order valence-electron chi connectivity index (χ3n) is 3.15. The molecule has 0 spiro atoms. The first-order valence-electron chi connectivity index (χ1n) is 6.25. The molecule has 1 heterocycles. The summed E-state index contributed by atoms with van der Waals surface area (Å²) in [6.45, 7) is 1.80. The highest BCUT2D eigenvalue weighted by atomic mass is 127. The Bertz CT molecular complexity index is 830. The first kappa shape index (κ1) is 14.7. The molecule has 6 heteroatoms. The van der Waals surface area contributed by atoms with Crippen molar-refractivity contribution in [2.45, 2.75) is 12.3 Å². The highest BCUT2D eigenvalue weighted by Crippen LogP contribution is 2.30. The van der Waals surface area contributed by atoms with Gasteiger partial charge < -0.3 is 0 Å². The van der Waals surface area contributed by atoms with E-state index in [2.05, 4.69) is 27.6 Å². The Morgan fingerprint density at radius 1 is 1.14 bits per heavy atom. The molecular formula is C15H10ClF2IN2. The van der Waals surface area contributed by atoms with Crippen LogP contribution in [-0.4, -0.2) is 9.55 Å². The minimum absolute atomic E-state index is 0.306. The third-order valence-corrected chi connectivity index (χ3v) is 4.21. The number of imidazole rings is 1. The van der Waals surface area contributed by atoms with Gasteiger partial charge in [0.25, 0.3) is 0 Å². The van der Waals surface area contributed by atoms with E-state index in [9.17, 15) is 8.78 Å². The summed E-state index contributed by atoms with van der Waals surface area (Å²) in [6, 6.07) is 8.89. The van der Waals surface area contributed by atoms with Crippen LogP contribution < -0.4 is 0 Å². The van der Waals surface area contributed by atoms with Crippen LogP contribution in [0.5, 0.6) is 0 Å². The molecule has 0 aliphatic carbocycles. The molecule has 1 aromatic heterocycles. The van der Waals surface area contributed by atoms with Gasteiger partial charge in [-0.15, -0.1) is 11.6 Å². The number of aromatic nitrogens is 2. The lowest BCUT2D eigenvalue weighted by Crippen LogP contribution is -2.04. The maximum absolute atomic E-state index is 13.4. The zero-order valence-electron chi connectivity index (χ0n) is 10.9. The second-order valence-electron chi connectivity index (χ2n) is 4.65. The number of hydrogen-bond acceptors (Lipinski definition) is 1. The van der Waals surface area contributed by atoms with Crippen LogP contribution in [0.3, 0.4) is 0 Å². The molecule has 1 atom stereocenters. The van der Waals surface area contributed by atoms with Crippen molar-refractivity contribution in [3.63, 3.8) is 0 Å². The van der Waals surface area contributed by atoms with Crippen molar-refractivity contribution in [3.8, 4) is 5.69 Å². The van der Waals surface area contributed by atoms with E-state index < -0.39 is 0 Å². The minimum atomic E-state index is -0.360. The van der Waals surface area contributed by atoms with Crippen LogP contribution in [0.25, 0.3) is 16.7 Å². The number of benzene rings is 2. The van der Waals surface area contributed by atoms with E-state index in [4.69, 9.17) is 11.6 Å². The standard InChI is InChI=1S/C15H10ClF2IN2/c1-8(16)15-20-12-7-10(18)3-5-14(12)21(15)13-4-2-9(17)6-11(13)19/h2-8H,1H3. The summed E-state index contributed by atoms with van der Waals surface area (Å²) >= 11 is 8.26. The molecule has 0 bridgehead atoms. The summed E-state index contributed by atoms with van der Waals surface area (Å²) in [5.41, 5.74) is 2.04. The maximum Gasteiger partial charge on any atom is 0.132 e. The number of hydrogen-bond donors (Lipinski definition) is 0. The number of fused-ring (bicyclic) bond motifs is 1. The number of halogens is 4. The van der Waals surface area contributed by atoms with Crippen LogP contribution in [0.4, 0.5) is 8.78 Å². The maximum atomic E-state index is 13.4. The fraction of sp³-hybridized carbons (Fsp3) is 0.133. The Morgan fingerprint density at radius 2 is 1.81 bits per heavy atom. The monoisotopic (exact) mass is 418 g/mol. The fourth-order valence-electron chi connectivity index (χ4n) is 2.25. The minimum Gasteiger partial charge on any atom is -0.294 e. The largest absolute Gasteiger partial charge is 0.294 e. The molecule has 0 radical (unpaired) electrons. The number of alkyl halides is 1. The third kappa shape index (κ3) is 2.64. The lowest BCUT2D eigenvalue weighted by atomic mass is 10.2. The van der Waals surface area contributed by atoms with Crippen molar-refractivity contribution in [3.05, 3.63) is 57.4 Å². The number of rotatable bonds is 2. The second-order valence-corrected chi connectivity index (χ2v) is 6.47. The van der Waals surface area contributed by atoms with Gasteiger partial charge in [0.15, 0.2) is 0 Å². The summed E-state index contributed by atoms with van der Waals surface area (Å²) in [4.78, 5) is 4.41. The predicted octanol–water partition coefficient (Wildman–Crippen LogP) is 5.21. The van der Waals surface area contributed by atoms with Gasteiger partial charge in [0.2, 0.25) is 0 Å². The van der Waals surface area contributed by atoms with Crippen LogP contribution in [0.2, 0.25) is 0 Å². The van der Waals surface area contributed by atoms with Gasteiger partial charge in [-0.3, -0.25) is 4.57 Å². The molecule has 3 aromatic rings. The average Bonchev–Trinajstić information content (AvgIpc) is 2.77. The van der Waals surface area contributed by atoms with E-state index in [0.29, 0.717) is 11.3 Å². The summed E-state index contributed by atoms with van der Waals surface area (Å²) in [7, 11) is 0. The van der Waals surface area contributed by atoms with Gasteiger partial charge in [0.05, 0.1) is 22.1 Å². The topological polar surface area (TPSA) is 17.8 Å². The highest BCUT2D eigenvalue weighted by Gasteiger charge is 2.18. The van der Waals surface area contributed by atoms with Crippen LogP contribution in [0.15, 0.2) is 36.4 Å².